The molecule has 6 nitrogen and oxygen atoms in total. The van der Waals surface area contributed by atoms with Crippen LogP contribution in [0.25, 0.3) is 0 Å². The monoisotopic (exact) mass is 351 g/mol. The second-order valence-electron chi connectivity index (χ2n) is 5.89. The molecule has 0 aliphatic carbocycles. The number of rotatable bonds is 5. The molecule has 2 aromatic carbocycles. The lowest BCUT2D eigenvalue weighted by atomic mass is 9.95. The molecule has 0 saturated carbocycles. The van der Waals surface area contributed by atoms with E-state index in [1.54, 1.807) is 31.2 Å². The largest absolute Gasteiger partial charge is 0.494 e. The third-order valence-electron chi connectivity index (χ3n) is 4.07. The molecule has 2 aromatic rings. The molecule has 3 amide bonds. The van der Waals surface area contributed by atoms with Gasteiger partial charge in [-0.2, -0.15) is 0 Å². The summed E-state index contributed by atoms with van der Waals surface area (Å²) in [6.07, 6.45) is 0. The predicted molar refractivity (Wildman–Crippen MR) is 99.8 cm³/mol. The average molecular weight is 351 g/mol. The van der Waals surface area contributed by atoms with Gasteiger partial charge in [-0.3, -0.25) is 4.79 Å². The van der Waals surface area contributed by atoms with Gasteiger partial charge in [0, 0.05) is 11.4 Å². The van der Waals surface area contributed by atoms with Crippen LogP contribution in [0.1, 0.15) is 25.5 Å². The number of benzene rings is 2. The Morgan fingerprint density at radius 1 is 1.12 bits per heavy atom. The molecule has 0 aromatic heterocycles. The van der Waals surface area contributed by atoms with E-state index in [0.29, 0.717) is 23.6 Å². The Morgan fingerprint density at radius 3 is 2.46 bits per heavy atom. The number of amides is 3. The van der Waals surface area contributed by atoms with Crippen molar-refractivity contribution in [1.82, 2.24) is 10.6 Å². The Balaban J connectivity index is 1.85. The van der Waals surface area contributed by atoms with E-state index < -0.39 is 6.04 Å². The van der Waals surface area contributed by atoms with Crippen molar-refractivity contribution < 1.29 is 14.3 Å². The molecule has 0 bridgehead atoms. The lowest BCUT2D eigenvalue weighted by Crippen LogP contribution is -2.45. The van der Waals surface area contributed by atoms with Gasteiger partial charge in [0.2, 0.25) is 0 Å². The van der Waals surface area contributed by atoms with Gasteiger partial charge in [-0.15, -0.1) is 0 Å². The quantitative estimate of drug-likeness (QED) is 0.773. The van der Waals surface area contributed by atoms with Crippen LogP contribution in [0.5, 0.6) is 5.75 Å². The summed E-state index contributed by atoms with van der Waals surface area (Å²) >= 11 is 0. The third kappa shape index (κ3) is 3.85. The van der Waals surface area contributed by atoms with E-state index in [-0.39, 0.29) is 11.9 Å². The van der Waals surface area contributed by atoms with Crippen molar-refractivity contribution >= 4 is 17.6 Å². The maximum atomic E-state index is 12.9. The molecule has 26 heavy (non-hydrogen) atoms. The molecule has 1 atom stereocenters. The summed E-state index contributed by atoms with van der Waals surface area (Å²) in [7, 11) is 0. The van der Waals surface area contributed by atoms with Crippen LogP contribution in [-0.2, 0) is 4.79 Å². The first-order valence-electron chi connectivity index (χ1n) is 8.46. The van der Waals surface area contributed by atoms with Gasteiger partial charge in [0.05, 0.1) is 18.2 Å². The molecule has 1 heterocycles. The summed E-state index contributed by atoms with van der Waals surface area (Å²) < 4.78 is 5.41. The number of hydrogen-bond donors (Lipinski definition) is 3. The molecule has 3 rings (SSSR count). The van der Waals surface area contributed by atoms with Crippen molar-refractivity contribution in [3.05, 3.63) is 71.4 Å². The van der Waals surface area contributed by atoms with Crippen molar-refractivity contribution in [3.8, 4) is 5.75 Å². The SMILES string of the molecule is CCOc1ccc(NC(=O)C2=C(C)NC(=O)N[C@@H]2c2ccccc2)cc1. The number of nitrogens with one attached hydrogen (secondary N) is 3. The molecule has 1 aliphatic rings. The van der Waals surface area contributed by atoms with Gasteiger partial charge < -0.3 is 20.7 Å². The minimum absolute atomic E-state index is 0.270. The lowest BCUT2D eigenvalue weighted by Gasteiger charge is -2.28. The van der Waals surface area contributed by atoms with Gasteiger partial charge in [0.1, 0.15) is 5.75 Å². The number of carbonyl (C=O) groups is 2. The fraction of sp³-hybridized carbons (Fsp3) is 0.200. The zero-order valence-electron chi connectivity index (χ0n) is 14.7. The van der Waals surface area contributed by atoms with Crippen LogP contribution in [0, 0.1) is 0 Å². The van der Waals surface area contributed by atoms with Crippen molar-refractivity contribution in [2.45, 2.75) is 19.9 Å². The summed E-state index contributed by atoms with van der Waals surface area (Å²) in [5, 5.41) is 8.37. The molecule has 134 valence electrons. The molecule has 0 radical (unpaired) electrons. The minimum Gasteiger partial charge on any atom is -0.494 e. The summed E-state index contributed by atoms with van der Waals surface area (Å²) in [4.78, 5) is 24.8. The van der Waals surface area contributed by atoms with Crippen LogP contribution >= 0.6 is 0 Å². The topological polar surface area (TPSA) is 79.5 Å². The maximum absolute atomic E-state index is 12.9. The van der Waals surface area contributed by atoms with Crippen molar-refractivity contribution in [3.63, 3.8) is 0 Å². The second-order valence-corrected chi connectivity index (χ2v) is 5.89. The highest BCUT2D eigenvalue weighted by Crippen LogP contribution is 2.27. The third-order valence-corrected chi connectivity index (χ3v) is 4.07. The van der Waals surface area contributed by atoms with Gasteiger partial charge in [0.15, 0.2) is 0 Å². The number of anilines is 1. The summed E-state index contributed by atoms with van der Waals surface area (Å²) in [6, 6.07) is 15.7. The summed E-state index contributed by atoms with van der Waals surface area (Å²) in [6.45, 7) is 4.22. The van der Waals surface area contributed by atoms with E-state index in [9.17, 15) is 9.59 Å². The van der Waals surface area contributed by atoms with Crippen molar-refractivity contribution in [2.75, 3.05) is 11.9 Å². The Morgan fingerprint density at radius 2 is 1.81 bits per heavy atom. The minimum atomic E-state index is -0.507. The van der Waals surface area contributed by atoms with Crippen LogP contribution < -0.4 is 20.7 Å². The van der Waals surface area contributed by atoms with Crippen LogP contribution in [-0.4, -0.2) is 18.5 Å². The Hall–Kier alpha value is -3.28. The molecule has 0 spiro atoms. The molecule has 3 N–H and O–H groups in total. The molecule has 0 unspecified atom stereocenters. The average Bonchev–Trinajstić information content (AvgIpc) is 2.63. The predicted octanol–water partition coefficient (Wildman–Crippen LogP) is 3.35. The molecule has 0 fully saturated rings. The van der Waals surface area contributed by atoms with Crippen molar-refractivity contribution in [1.29, 1.82) is 0 Å². The highest BCUT2D eigenvalue weighted by Gasteiger charge is 2.31. The molecular formula is C20H21N3O3. The zero-order chi connectivity index (χ0) is 18.5. The standard InChI is InChI=1S/C20H21N3O3/c1-3-26-16-11-9-15(10-12-16)22-19(24)17-13(2)21-20(25)23-18(17)14-7-5-4-6-8-14/h4-12,18H,3H2,1-2H3,(H,22,24)(H2,21,23,25)/t18-/m1/s1. The van der Waals surface area contributed by atoms with Gasteiger partial charge in [0.25, 0.3) is 5.91 Å². The number of allylic oxidation sites excluding steroid dienone is 1. The van der Waals surface area contributed by atoms with Crippen molar-refractivity contribution in [2.24, 2.45) is 0 Å². The van der Waals surface area contributed by atoms with Crippen LogP contribution in [0.4, 0.5) is 10.5 Å². The fourth-order valence-corrected chi connectivity index (χ4v) is 2.89. The lowest BCUT2D eigenvalue weighted by molar-refractivity contribution is -0.113. The number of ether oxygens (including phenoxy) is 1. The van der Waals surface area contributed by atoms with E-state index in [0.717, 1.165) is 11.3 Å². The first-order chi connectivity index (χ1) is 12.6. The number of hydrogen-bond acceptors (Lipinski definition) is 3. The zero-order valence-corrected chi connectivity index (χ0v) is 14.7. The van der Waals surface area contributed by atoms with E-state index in [4.69, 9.17) is 4.74 Å². The van der Waals surface area contributed by atoms with Crippen LogP contribution in [0.15, 0.2) is 65.9 Å². The Labute approximate surface area is 152 Å². The highest BCUT2D eigenvalue weighted by atomic mass is 16.5. The number of urea groups is 1. The van der Waals surface area contributed by atoms with Gasteiger partial charge in [-0.25, -0.2) is 4.79 Å². The van der Waals surface area contributed by atoms with E-state index in [1.165, 1.54) is 0 Å². The normalized spacial score (nSPS) is 16.5. The Bertz CT molecular complexity index is 829. The van der Waals surface area contributed by atoms with Crippen LogP contribution in [0.2, 0.25) is 0 Å². The smallest absolute Gasteiger partial charge is 0.319 e. The second kappa shape index (κ2) is 7.74. The summed E-state index contributed by atoms with van der Waals surface area (Å²) in [5.41, 5.74) is 2.51. The molecule has 0 saturated heterocycles. The van der Waals surface area contributed by atoms with Gasteiger partial charge >= 0.3 is 6.03 Å². The molecule has 1 aliphatic heterocycles. The van der Waals surface area contributed by atoms with Crippen LogP contribution in [0.3, 0.4) is 0 Å². The van der Waals surface area contributed by atoms with E-state index in [1.807, 2.05) is 37.3 Å². The highest BCUT2D eigenvalue weighted by molar-refractivity contribution is 6.06. The molecular weight excluding hydrogens is 330 g/mol. The maximum Gasteiger partial charge on any atom is 0.319 e. The van der Waals surface area contributed by atoms with Gasteiger partial charge in [-0.05, 0) is 43.7 Å². The van der Waals surface area contributed by atoms with E-state index >= 15 is 0 Å². The molecule has 6 heteroatoms. The first-order valence-corrected chi connectivity index (χ1v) is 8.46. The van der Waals surface area contributed by atoms with E-state index in [2.05, 4.69) is 16.0 Å². The van der Waals surface area contributed by atoms with Gasteiger partial charge in [-0.1, -0.05) is 30.3 Å². The Kier molecular flexibility index (Phi) is 5.22. The summed E-state index contributed by atoms with van der Waals surface area (Å²) in [5.74, 6) is 0.475. The number of carbonyl (C=O) groups excluding carboxylic acids is 2. The fourth-order valence-electron chi connectivity index (χ4n) is 2.89. The first kappa shape index (κ1) is 17.5.